The molecule has 0 saturated heterocycles. The van der Waals surface area contributed by atoms with Gasteiger partial charge in [0.05, 0.1) is 5.69 Å². The van der Waals surface area contributed by atoms with Crippen molar-refractivity contribution in [3.05, 3.63) is 41.2 Å². The Kier molecular flexibility index (Phi) is 5.18. The van der Waals surface area contributed by atoms with Gasteiger partial charge in [0.15, 0.2) is 0 Å². The van der Waals surface area contributed by atoms with Crippen molar-refractivity contribution in [3.63, 3.8) is 0 Å². The molecule has 22 heavy (non-hydrogen) atoms. The van der Waals surface area contributed by atoms with Gasteiger partial charge in [-0.1, -0.05) is 0 Å². The van der Waals surface area contributed by atoms with Gasteiger partial charge in [-0.2, -0.15) is 0 Å². The molecule has 1 fully saturated rings. The first-order chi connectivity index (χ1) is 10.8. The van der Waals surface area contributed by atoms with Crippen molar-refractivity contribution in [2.45, 2.75) is 38.3 Å². The van der Waals surface area contributed by atoms with Crippen LogP contribution >= 0.6 is 11.3 Å². The van der Waals surface area contributed by atoms with Gasteiger partial charge in [0.25, 0.3) is 0 Å². The van der Waals surface area contributed by atoms with Crippen LogP contribution < -0.4 is 0 Å². The number of nitrogens with zero attached hydrogens (tertiary/aromatic N) is 2. The number of unbranched alkanes of at least 4 members (excludes halogenated alkanes) is 1. The largest absolute Gasteiger partial charge is 0.396 e. The summed E-state index contributed by atoms with van der Waals surface area (Å²) >= 11 is 1.61. The van der Waals surface area contributed by atoms with Crippen molar-refractivity contribution in [3.8, 4) is 10.6 Å². The van der Waals surface area contributed by atoms with Crippen LogP contribution in [0.15, 0.2) is 29.6 Å². The summed E-state index contributed by atoms with van der Waals surface area (Å²) in [5.74, 6) is -0.218. The Hall–Kier alpha value is -1.30. The highest BCUT2D eigenvalue weighted by atomic mass is 32.1. The maximum atomic E-state index is 13.0. The first-order valence-corrected chi connectivity index (χ1v) is 8.69. The van der Waals surface area contributed by atoms with Crippen LogP contribution in [0.4, 0.5) is 4.39 Å². The van der Waals surface area contributed by atoms with E-state index in [0.717, 1.165) is 42.2 Å². The minimum atomic E-state index is -0.218. The Bertz CT molecular complexity index is 595. The molecule has 1 aromatic heterocycles. The van der Waals surface area contributed by atoms with Gasteiger partial charge < -0.3 is 5.11 Å². The molecule has 0 bridgehead atoms. The third-order valence-electron chi connectivity index (χ3n) is 3.92. The second-order valence-electron chi connectivity index (χ2n) is 5.78. The molecule has 1 N–H and O–H groups in total. The molecule has 2 aromatic rings. The molecule has 1 aliphatic rings. The summed E-state index contributed by atoms with van der Waals surface area (Å²) in [7, 11) is 0. The third-order valence-corrected chi connectivity index (χ3v) is 4.86. The van der Waals surface area contributed by atoms with Gasteiger partial charge in [-0.15, -0.1) is 11.3 Å². The lowest BCUT2D eigenvalue weighted by Crippen LogP contribution is -2.27. The van der Waals surface area contributed by atoms with Crippen molar-refractivity contribution in [1.82, 2.24) is 9.88 Å². The van der Waals surface area contributed by atoms with E-state index >= 15 is 0 Å². The molecule has 118 valence electrons. The van der Waals surface area contributed by atoms with Crippen LogP contribution in [0.2, 0.25) is 0 Å². The number of aromatic nitrogens is 1. The maximum absolute atomic E-state index is 13.0. The summed E-state index contributed by atoms with van der Waals surface area (Å²) in [5.41, 5.74) is 2.05. The molecule has 0 amide bonds. The highest BCUT2D eigenvalue weighted by Gasteiger charge is 2.28. The minimum absolute atomic E-state index is 0.218. The molecule has 1 aliphatic carbocycles. The molecule has 0 unspecified atom stereocenters. The molecule has 1 aromatic carbocycles. The fourth-order valence-electron chi connectivity index (χ4n) is 2.57. The number of hydrogen-bond donors (Lipinski definition) is 1. The molecule has 0 radical (unpaired) electrons. The first kappa shape index (κ1) is 15.6. The van der Waals surface area contributed by atoms with Gasteiger partial charge in [0.1, 0.15) is 10.8 Å². The molecule has 0 spiro atoms. The number of thiazole rings is 1. The van der Waals surface area contributed by atoms with E-state index in [-0.39, 0.29) is 12.4 Å². The fraction of sp³-hybridized carbons (Fsp3) is 0.471. The number of aliphatic hydroxyl groups is 1. The van der Waals surface area contributed by atoms with E-state index in [0.29, 0.717) is 6.04 Å². The van der Waals surface area contributed by atoms with Gasteiger partial charge in [0.2, 0.25) is 0 Å². The number of benzene rings is 1. The number of rotatable bonds is 8. The van der Waals surface area contributed by atoms with Crippen molar-refractivity contribution in [2.75, 3.05) is 13.2 Å². The van der Waals surface area contributed by atoms with Crippen LogP contribution in [-0.4, -0.2) is 34.2 Å². The Morgan fingerprint density at radius 1 is 1.23 bits per heavy atom. The van der Waals surface area contributed by atoms with Crippen molar-refractivity contribution < 1.29 is 9.50 Å². The zero-order valence-corrected chi connectivity index (χ0v) is 13.4. The van der Waals surface area contributed by atoms with Crippen LogP contribution in [0.1, 0.15) is 31.4 Å². The lowest BCUT2D eigenvalue weighted by molar-refractivity contribution is 0.227. The third kappa shape index (κ3) is 4.12. The van der Waals surface area contributed by atoms with Crippen molar-refractivity contribution >= 4 is 11.3 Å². The Labute approximate surface area is 134 Å². The second kappa shape index (κ2) is 7.31. The van der Waals surface area contributed by atoms with Crippen molar-refractivity contribution in [1.29, 1.82) is 0 Å². The topological polar surface area (TPSA) is 36.4 Å². The Morgan fingerprint density at radius 2 is 2.00 bits per heavy atom. The van der Waals surface area contributed by atoms with Crippen LogP contribution in [0.3, 0.4) is 0 Å². The molecular formula is C17H21FN2OS. The molecular weight excluding hydrogens is 299 g/mol. The minimum Gasteiger partial charge on any atom is -0.396 e. The van der Waals surface area contributed by atoms with Crippen LogP contribution in [0, 0.1) is 5.82 Å². The molecule has 0 aliphatic heterocycles. The zero-order chi connectivity index (χ0) is 15.4. The highest BCUT2D eigenvalue weighted by Crippen LogP contribution is 2.30. The summed E-state index contributed by atoms with van der Waals surface area (Å²) in [6, 6.07) is 7.19. The molecule has 3 nitrogen and oxygen atoms in total. The monoisotopic (exact) mass is 320 g/mol. The Balaban J connectivity index is 1.63. The lowest BCUT2D eigenvalue weighted by Gasteiger charge is -2.20. The van der Waals surface area contributed by atoms with E-state index < -0.39 is 0 Å². The molecule has 0 atom stereocenters. The van der Waals surface area contributed by atoms with Crippen LogP contribution in [-0.2, 0) is 6.54 Å². The molecule has 5 heteroatoms. The van der Waals surface area contributed by atoms with E-state index in [2.05, 4.69) is 10.3 Å². The van der Waals surface area contributed by atoms with Gasteiger partial charge in [-0.3, -0.25) is 4.90 Å². The highest BCUT2D eigenvalue weighted by molar-refractivity contribution is 7.13. The average Bonchev–Trinajstić information content (AvgIpc) is 3.27. The summed E-state index contributed by atoms with van der Waals surface area (Å²) in [6.07, 6.45) is 4.44. The maximum Gasteiger partial charge on any atom is 0.123 e. The van der Waals surface area contributed by atoms with E-state index in [1.54, 1.807) is 23.5 Å². The molecule has 3 rings (SSSR count). The van der Waals surface area contributed by atoms with Crippen LogP contribution in [0.5, 0.6) is 0 Å². The summed E-state index contributed by atoms with van der Waals surface area (Å²) in [6.45, 7) is 2.16. The van der Waals surface area contributed by atoms with Gasteiger partial charge in [0, 0.05) is 30.1 Å². The zero-order valence-electron chi connectivity index (χ0n) is 12.5. The van der Waals surface area contributed by atoms with Gasteiger partial charge in [-0.25, -0.2) is 9.37 Å². The predicted molar refractivity (Wildman–Crippen MR) is 87.3 cm³/mol. The SMILES string of the molecule is OCCCCN(Cc1csc(-c2ccc(F)cc2)n1)C1CC1. The van der Waals surface area contributed by atoms with Crippen molar-refractivity contribution in [2.24, 2.45) is 0 Å². The summed E-state index contributed by atoms with van der Waals surface area (Å²) in [4.78, 5) is 7.16. The van der Waals surface area contributed by atoms with E-state index in [1.807, 2.05) is 0 Å². The van der Waals surface area contributed by atoms with Crippen LogP contribution in [0.25, 0.3) is 10.6 Å². The van der Waals surface area contributed by atoms with Gasteiger partial charge in [-0.05, 0) is 56.5 Å². The number of halogens is 1. The second-order valence-corrected chi connectivity index (χ2v) is 6.64. The molecule has 1 heterocycles. The first-order valence-electron chi connectivity index (χ1n) is 7.81. The summed E-state index contributed by atoms with van der Waals surface area (Å²) in [5, 5.41) is 12.0. The molecule has 1 saturated carbocycles. The standard InChI is InChI=1S/C17H21FN2OS/c18-14-5-3-13(4-6-14)17-19-15(12-22-17)11-20(16-7-8-16)9-1-2-10-21/h3-6,12,16,21H,1-2,7-11H2. The smallest absolute Gasteiger partial charge is 0.123 e. The lowest BCUT2D eigenvalue weighted by atomic mass is 10.2. The average molecular weight is 320 g/mol. The fourth-order valence-corrected chi connectivity index (χ4v) is 3.39. The normalized spacial score (nSPS) is 14.7. The van der Waals surface area contributed by atoms with Gasteiger partial charge >= 0.3 is 0 Å². The van der Waals surface area contributed by atoms with E-state index in [1.165, 1.54) is 25.0 Å². The Morgan fingerprint density at radius 3 is 2.68 bits per heavy atom. The van der Waals surface area contributed by atoms with E-state index in [9.17, 15) is 4.39 Å². The quantitative estimate of drug-likeness (QED) is 0.754. The van der Waals surface area contributed by atoms with E-state index in [4.69, 9.17) is 10.1 Å². The number of aliphatic hydroxyl groups excluding tert-OH is 1. The summed E-state index contributed by atoms with van der Waals surface area (Å²) < 4.78 is 13.0. The predicted octanol–water partition coefficient (Wildman–Crippen LogP) is 3.69. The number of hydrogen-bond acceptors (Lipinski definition) is 4.